The molecule has 9 heteroatoms. The first-order valence-corrected chi connectivity index (χ1v) is 12.2. The minimum atomic E-state index is -0.426. The molecule has 188 valence electrons. The summed E-state index contributed by atoms with van der Waals surface area (Å²) in [5.41, 5.74) is 7.51. The van der Waals surface area contributed by atoms with Gasteiger partial charge in [-0.15, -0.1) is 0 Å². The molecule has 2 amide bonds. The van der Waals surface area contributed by atoms with Crippen molar-refractivity contribution in [1.82, 2.24) is 14.5 Å². The van der Waals surface area contributed by atoms with Crippen LogP contribution >= 0.6 is 0 Å². The predicted octanol–water partition coefficient (Wildman–Crippen LogP) is 3.56. The Labute approximate surface area is 203 Å². The minimum absolute atomic E-state index is 0.211. The maximum Gasteiger partial charge on any atom is 0.272 e. The molecule has 2 aromatic rings. The summed E-state index contributed by atoms with van der Waals surface area (Å²) in [4.78, 5) is 39.2. The number of nitrogens with one attached hydrogen (secondary N) is 1. The highest BCUT2D eigenvalue weighted by Gasteiger charge is 2.35. The van der Waals surface area contributed by atoms with Gasteiger partial charge in [-0.2, -0.15) is 0 Å². The molecule has 0 bridgehead atoms. The first-order valence-electron chi connectivity index (χ1n) is 12.2. The van der Waals surface area contributed by atoms with Crippen LogP contribution in [0.1, 0.15) is 69.1 Å². The monoisotopic (exact) mass is 484 g/mol. The van der Waals surface area contributed by atoms with Gasteiger partial charge in [-0.05, 0) is 57.7 Å². The molecule has 2 heterocycles. The van der Waals surface area contributed by atoms with Gasteiger partial charge in [0.05, 0.1) is 17.5 Å². The van der Waals surface area contributed by atoms with E-state index in [1.807, 2.05) is 26.8 Å². The molecule has 35 heavy (non-hydrogen) atoms. The van der Waals surface area contributed by atoms with Crippen LogP contribution in [0, 0.1) is 5.92 Å². The highest BCUT2D eigenvalue weighted by molar-refractivity contribution is 6.04. The van der Waals surface area contributed by atoms with E-state index >= 15 is 0 Å². The van der Waals surface area contributed by atoms with E-state index in [9.17, 15) is 18.8 Å². The van der Waals surface area contributed by atoms with E-state index in [-0.39, 0.29) is 41.4 Å². The van der Waals surface area contributed by atoms with Crippen LogP contribution < -0.4 is 21.3 Å². The van der Waals surface area contributed by atoms with Crippen molar-refractivity contribution in [1.29, 1.82) is 0 Å². The van der Waals surface area contributed by atoms with Crippen LogP contribution in [0.5, 0.6) is 5.75 Å². The molecule has 3 N–H and O–H groups in total. The smallest absolute Gasteiger partial charge is 0.272 e. The number of hydrogen-bond acceptors (Lipinski definition) is 4. The largest absolute Gasteiger partial charge is 0.488 e. The van der Waals surface area contributed by atoms with Crippen molar-refractivity contribution >= 4 is 28.4 Å². The molecule has 2 aliphatic rings. The second-order valence-corrected chi connectivity index (χ2v) is 9.58. The Kier molecular flexibility index (Phi) is 6.87. The summed E-state index contributed by atoms with van der Waals surface area (Å²) in [7, 11) is 1.73. The molecule has 1 fully saturated rings. The van der Waals surface area contributed by atoms with Gasteiger partial charge in [0.1, 0.15) is 11.2 Å². The third-order valence-electron chi connectivity index (χ3n) is 6.90. The number of aromatic nitrogens is 2. The molecule has 0 aliphatic heterocycles. The summed E-state index contributed by atoms with van der Waals surface area (Å²) in [6, 6.07) is 1.53. The number of hydrogen-bond donors (Lipinski definition) is 2. The lowest BCUT2D eigenvalue weighted by molar-refractivity contribution is -0.122. The SMILES string of the molecule is CCc1cc2c(c(OC(C)C)c(C(=O)NC3CCCC3C(N)=O)n2C)c(=O)n1C1=CC=C(F)CC1. The predicted molar refractivity (Wildman–Crippen MR) is 133 cm³/mol. The number of allylic oxidation sites excluding steroid dienone is 4. The van der Waals surface area contributed by atoms with Gasteiger partial charge in [-0.3, -0.25) is 19.0 Å². The number of nitrogens with two attached hydrogens (primary N) is 1. The number of ether oxygens (including phenoxy) is 1. The van der Waals surface area contributed by atoms with Gasteiger partial charge < -0.3 is 20.4 Å². The molecule has 0 saturated heterocycles. The summed E-state index contributed by atoms with van der Waals surface area (Å²) in [6.07, 6.45) is 6.05. The van der Waals surface area contributed by atoms with Crippen LogP contribution in [0.2, 0.25) is 0 Å². The standard InChI is InChI=1S/C26H33FN4O4/c1-5-16-13-20-21(26(34)31(16)17-11-9-15(27)10-12-17)23(35-14(2)3)22(30(20)4)25(33)29-19-8-6-7-18(19)24(28)32/h9,11,13-14,18-19H,5-8,10,12H2,1-4H3,(H2,28,32)(H,29,33). The fraction of sp³-hybridized carbons (Fsp3) is 0.500. The van der Waals surface area contributed by atoms with E-state index < -0.39 is 17.7 Å². The van der Waals surface area contributed by atoms with Crippen molar-refractivity contribution < 1.29 is 18.7 Å². The summed E-state index contributed by atoms with van der Waals surface area (Å²) in [5.74, 6) is -1.26. The zero-order valence-corrected chi connectivity index (χ0v) is 20.7. The highest BCUT2D eigenvalue weighted by atomic mass is 19.1. The van der Waals surface area contributed by atoms with E-state index in [1.165, 1.54) is 6.08 Å². The van der Waals surface area contributed by atoms with E-state index in [4.69, 9.17) is 10.5 Å². The van der Waals surface area contributed by atoms with Gasteiger partial charge in [0.15, 0.2) is 11.4 Å². The number of carbonyl (C=O) groups is 2. The zero-order chi connectivity index (χ0) is 25.4. The molecule has 0 aromatic carbocycles. The molecule has 2 aliphatic carbocycles. The number of primary amides is 1. The Hall–Kier alpha value is -3.36. The van der Waals surface area contributed by atoms with Gasteiger partial charge in [0.2, 0.25) is 5.91 Å². The van der Waals surface area contributed by atoms with Gasteiger partial charge >= 0.3 is 0 Å². The number of carbonyl (C=O) groups excluding carboxylic acids is 2. The molecule has 1 saturated carbocycles. The molecule has 0 spiro atoms. The van der Waals surface area contributed by atoms with Gasteiger partial charge in [-0.25, -0.2) is 4.39 Å². The van der Waals surface area contributed by atoms with Gasteiger partial charge in [0, 0.05) is 30.9 Å². The van der Waals surface area contributed by atoms with Crippen molar-refractivity contribution in [3.63, 3.8) is 0 Å². The van der Waals surface area contributed by atoms with E-state index in [0.717, 1.165) is 12.1 Å². The number of pyridine rings is 1. The molecular weight excluding hydrogens is 451 g/mol. The second kappa shape index (κ2) is 9.71. The lowest BCUT2D eigenvalue weighted by atomic mass is 10.0. The topological polar surface area (TPSA) is 108 Å². The second-order valence-electron chi connectivity index (χ2n) is 9.58. The highest BCUT2D eigenvalue weighted by Crippen LogP contribution is 2.34. The Morgan fingerprint density at radius 3 is 2.60 bits per heavy atom. The number of fused-ring (bicyclic) bond motifs is 1. The molecule has 2 aromatic heterocycles. The summed E-state index contributed by atoms with van der Waals surface area (Å²) >= 11 is 0. The molecule has 4 rings (SSSR count). The lowest BCUT2D eigenvalue weighted by Crippen LogP contribution is -2.42. The summed E-state index contributed by atoms with van der Waals surface area (Å²) in [6.45, 7) is 5.61. The Bertz CT molecular complexity index is 1300. The number of aryl methyl sites for hydroxylation is 2. The Morgan fingerprint density at radius 1 is 1.26 bits per heavy atom. The number of rotatable bonds is 7. The van der Waals surface area contributed by atoms with Crippen molar-refractivity contribution in [2.24, 2.45) is 18.7 Å². The van der Waals surface area contributed by atoms with E-state index in [1.54, 1.807) is 22.3 Å². The average Bonchev–Trinajstić information content (AvgIpc) is 3.36. The van der Waals surface area contributed by atoms with E-state index in [0.29, 0.717) is 42.3 Å². The number of nitrogens with zero attached hydrogens (tertiary/aromatic N) is 2. The van der Waals surface area contributed by atoms with Gasteiger partial charge in [-0.1, -0.05) is 13.3 Å². The zero-order valence-electron chi connectivity index (χ0n) is 20.7. The van der Waals surface area contributed by atoms with Crippen LogP contribution in [0.25, 0.3) is 16.6 Å². The Balaban J connectivity index is 1.89. The lowest BCUT2D eigenvalue weighted by Gasteiger charge is -2.19. The first kappa shape index (κ1) is 24.8. The summed E-state index contributed by atoms with van der Waals surface area (Å²) < 4.78 is 23.0. The minimum Gasteiger partial charge on any atom is -0.488 e. The van der Waals surface area contributed by atoms with Crippen molar-refractivity contribution in [2.45, 2.75) is 71.4 Å². The maximum absolute atomic E-state index is 13.9. The molecular formula is C26H33FN4O4. The van der Waals surface area contributed by atoms with E-state index in [2.05, 4.69) is 5.32 Å². The fourth-order valence-electron chi connectivity index (χ4n) is 5.19. The first-order chi connectivity index (χ1) is 16.6. The van der Waals surface area contributed by atoms with Gasteiger partial charge in [0.25, 0.3) is 11.5 Å². The molecule has 8 nitrogen and oxygen atoms in total. The molecule has 0 radical (unpaired) electrons. The fourth-order valence-corrected chi connectivity index (χ4v) is 5.19. The normalized spacial score (nSPS) is 20.2. The van der Waals surface area contributed by atoms with Crippen molar-refractivity contribution in [3.05, 3.63) is 45.8 Å². The van der Waals surface area contributed by atoms with Crippen LogP contribution in [0.4, 0.5) is 4.39 Å². The Morgan fingerprint density at radius 2 is 2.00 bits per heavy atom. The van der Waals surface area contributed by atoms with Crippen LogP contribution in [-0.2, 0) is 18.3 Å². The summed E-state index contributed by atoms with van der Waals surface area (Å²) in [5, 5.41) is 3.27. The maximum atomic E-state index is 13.9. The number of halogens is 1. The number of amides is 2. The van der Waals surface area contributed by atoms with Crippen molar-refractivity contribution in [3.8, 4) is 5.75 Å². The van der Waals surface area contributed by atoms with Crippen LogP contribution in [0.15, 0.2) is 28.8 Å². The third kappa shape index (κ3) is 4.51. The quantitative estimate of drug-likeness (QED) is 0.626. The van der Waals surface area contributed by atoms with Crippen LogP contribution in [0.3, 0.4) is 0 Å². The third-order valence-corrected chi connectivity index (χ3v) is 6.90. The molecule has 2 atom stereocenters. The van der Waals surface area contributed by atoms with Crippen molar-refractivity contribution in [2.75, 3.05) is 0 Å². The molecule has 2 unspecified atom stereocenters. The van der Waals surface area contributed by atoms with Crippen LogP contribution in [-0.4, -0.2) is 33.1 Å². The average molecular weight is 485 g/mol.